The van der Waals surface area contributed by atoms with Gasteiger partial charge in [0.2, 0.25) is 5.13 Å². The van der Waals surface area contributed by atoms with Gasteiger partial charge in [-0.25, -0.2) is 13.2 Å². The van der Waals surface area contributed by atoms with Gasteiger partial charge in [-0.1, -0.05) is 24.3 Å². The summed E-state index contributed by atoms with van der Waals surface area (Å²) < 4.78 is 51.0. The number of aromatic nitrogens is 2. The number of carbonyl (C=O) groups is 1. The highest BCUT2D eigenvalue weighted by Crippen LogP contribution is 2.30. The fraction of sp³-hybridized carbons (Fsp3) is 0.182. The highest BCUT2D eigenvalue weighted by Gasteiger charge is 2.15. The summed E-state index contributed by atoms with van der Waals surface area (Å²) in [5, 5.41) is 20.7. The molecule has 2 aromatic carbocycles. The molecule has 0 saturated heterocycles. The molecule has 0 unspecified atom stereocenters. The van der Waals surface area contributed by atoms with Crippen molar-refractivity contribution in [3.05, 3.63) is 69.5 Å². The molecule has 1 amide bonds. The Morgan fingerprint density at radius 2 is 1.91 bits per heavy atom. The van der Waals surface area contributed by atoms with Crippen LogP contribution in [0.2, 0.25) is 0 Å². The maximum absolute atomic E-state index is 13.8. The number of carbonyl (C=O) groups excluding carboxylic acids is 1. The van der Waals surface area contributed by atoms with Crippen molar-refractivity contribution in [3.63, 3.8) is 0 Å². The largest absolute Gasteiger partial charge is 0.493 e. The van der Waals surface area contributed by atoms with Crippen molar-refractivity contribution >= 4 is 28.5 Å². The summed E-state index contributed by atoms with van der Waals surface area (Å²) in [6.07, 6.45) is 2.02. The van der Waals surface area contributed by atoms with Gasteiger partial charge in [-0.2, -0.15) is 5.26 Å². The Kier molecular flexibility index (Phi) is 7.63. The van der Waals surface area contributed by atoms with Crippen LogP contribution in [0.4, 0.5) is 18.3 Å². The van der Waals surface area contributed by atoms with Crippen LogP contribution in [0.15, 0.2) is 35.9 Å². The highest BCUT2D eigenvalue weighted by molar-refractivity contribution is 7.15. The second-order valence-corrected chi connectivity index (χ2v) is 7.60. The molecule has 0 aliphatic rings. The molecule has 0 atom stereocenters. The van der Waals surface area contributed by atoms with Gasteiger partial charge in [-0.05, 0) is 36.3 Å². The molecule has 0 spiro atoms. The normalized spacial score (nSPS) is 11.1. The molecule has 11 heteroatoms. The van der Waals surface area contributed by atoms with Gasteiger partial charge in [0.1, 0.15) is 29.1 Å². The van der Waals surface area contributed by atoms with E-state index in [9.17, 15) is 23.2 Å². The number of hydrogen-bond donors (Lipinski definition) is 1. The first-order valence-electron chi connectivity index (χ1n) is 9.54. The molecule has 0 radical (unpaired) electrons. The number of methoxy groups -OCH3 is 1. The lowest BCUT2D eigenvalue weighted by atomic mass is 10.1. The van der Waals surface area contributed by atoms with Crippen molar-refractivity contribution in [2.24, 2.45) is 0 Å². The van der Waals surface area contributed by atoms with Crippen LogP contribution in [0.25, 0.3) is 6.08 Å². The van der Waals surface area contributed by atoms with Crippen LogP contribution >= 0.6 is 11.3 Å². The Morgan fingerprint density at radius 3 is 2.58 bits per heavy atom. The molecule has 1 N–H and O–H groups in total. The summed E-state index contributed by atoms with van der Waals surface area (Å²) in [5.41, 5.74) is 0.102. The number of nitriles is 1. The van der Waals surface area contributed by atoms with Gasteiger partial charge in [0, 0.05) is 11.6 Å². The Labute approximate surface area is 191 Å². The fourth-order valence-corrected chi connectivity index (χ4v) is 3.32. The van der Waals surface area contributed by atoms with E-state index in [0.29, 0.717) is 24.1 Å². The highest BCUT2D eigenvalue weighted by atomic mass is 32.1. The van der Waals surface area contributed by atoms with Crippen molar-refractivity contribution in [2.45, 2.75) is 20.0 Å². The molecule has 170 valence electrons. The first-order valence-corrected chi connectivity index (χ1v) is 10.4. The number of rotatable bonds is 8. The van der Waals surface area contributed by atoms with Crippen LogP contribution in [-0.4, -0.2) is 23.2 Å². The Bertz CT molecular complexity index is 1250. The molecular weight excluding hydrogens is 457 g/mol. The summed E-state index contributed by atoms with van der Waals surface area (Å²) in [4.78, 5) is 12.4. The van der Waals surface area contributed by atoms with Crippen LogP contribution in [0.5, 0.6) is 11.5 Å². The average molecular weight is 474 g/mol. The third kappa shape index (κ3) is 5.87. The topological polar surface area (TPSA) is 97.1 Å². The zero-order valence-corrected chi connectivity index (χ0v) is 18.3. The maximum Gasteiger partial charge on any atom is 0.268 e. The lowest BCUT2D eigenvalue weighted by molar-refractivity contribution is -0.112. The smallest absolute Gasteiger partial charge is 0.268 e. The van der Waals surface area contributed by atoms with E-state index in [4.69, 9.17) is 9.47 Å². The van der Waals surface area contributed by atoms with Gasteiger partial charge in [0.15, 0.2) is 23.1 Å². The lowest BCUT2D eigenvalue weighted by Crippen LogP contribution is -2.13. The third-order valence-corrected chi connectivity index (χ3v) is 5.31. The summed E-state index contributed by atoms with van der Waals surface area (Å²) in [7, 11) is 1.37. The second-order valence-electron chi connectivity index (χ2n) is 6.54. The maximum atomic E-state index is 13.8. The zero-order valence-electron chi connectivity index (χ0n) is 17.5. The second kappa shape index (κ2) is 10.6. The van der Waals surface area contributed by atoms with E-state index >= 15 is 0 Å². The van der Waals surface area contributed by atoms with Crippen LogP contribution in [0, 0.1) is 28.8 Å². The van der Waals surface area contributed by atoms with E-state index in [0.717, 1.165) is 5.01 Å². The number of amides is 1. The first kappa shape index (κ1) is 23.7. The van der Waals surface area contributed by atoms with Crippen molar-refractivity contribution in [3.8, 4) is 17.6 Å². The molecule has 33 heavy (non-hydrogen) atoms. The van der Waals surface area contributed by atoms with E-state index in [1.165, 1.54) is 36.7 Å². The molecule has 1 heterocycles. The molecular formula is C22H17F3N4O3S. The molecule has 0 fully saturated rings. The predicted molar refractivity (Wildman–Crippen MR) is 115 cm³/mol. The number of aryl methyl sites for hydroxylation is 1. The fourth-order valence-electron chi connectivity index (χ4n) is 2.65. The van der Waals surface area contributed by atoms with E-state index < -0.39 is 23.4 Å². The van der Waals surface area contributed by atoms with Crippen molar-refractivity contribution in [2.75, 3.05) is 12.4 Å². The molecule has 3 rings (SSSR count). The predicted octanol–water partition coefficient (Wildman–Crippen LogP) is 4.65. The van der Waals surface area contributed by atoms with E-state index in [1.807, 2.05) is 13.0 Å². The Morgan fingerprint density at radius 1 is 1.15 bits per heavy atom. The Balaban J connectivity index is 1.76. The molecule has 7 nitrogen and oxygen atoms in total. The molecule has 3 aromatic rings. The van der Waals surface area contributed by atoms with Gasteiger partial charge in [0.05, 0.1) is 7.11 Å². The standard InChI is InChI=1S/C22H17F3N4O3S/c1-3-20-28-29-22(33-20)27-21(30)13(10-26)6-12-4-5-18(19(7-12)31-2)32-11-14-8-16(24)17(25)9-15(14)23/h4-9H,3,11H2,1-2H3,(H,27,29,30). The summed E-state index contributed by atoms with van der Waals surface area (Å²) >= 11 is 1.21. The van der Waals surface area contributed by atoms with E-state index in [2.05, 4.69) is 15.5 Å². The van der Waals surface area contributed by atoms with E-state index in [-0.39, 0.29) is 34.4 Å². The van der Waals surface area contributed by atoms with Gasteiger partial charge in [-0.3, -0.25) is 10.1 Å². The van der Waals surface area contributed by atoms with Gasteiger partial charge >= 0.3 is 0 Å². The first-order chi connectivity index (χ1) is 15.8. The number of nitrogens with one attached hydrogen (secondary N) is 1. The van der Waals surface area contributed by atoms with Crippen molar-refractivity contribution in [1.82, 2.24) is 10.2 Å². The van der Waals surface area contributed by atoms with Gasteiger partial charge < -0.3 is 9.47 Å². The van der Waals surface area contributed by atoms with Crippen molar-refractivity contribution < 1.29 is 27.4 Å². The summed E-state index contributed by atoms with van der Waals surface area (Å²) in [5.74, 6) is -3.66. The molecule has 1 aromatic heterocycles. The lowest BCUT2D eigenvalue weighted by Gasteiger charge is -2.12. The summed E-state index contributed by atoms with van der Waals surface area (Å²) in [6.45, 7) is 1.53. The average Bonchev–Trinajstić information content (AvgIpc) is 3.26. The number of nitrogens with zero attached hydrogens (tertiary/aromatic N) is 3. The number of anilines is 1. The molecule has 0 bridgehead atoms. The SMILES string of the molecule is CCc1nnc(NC(=O)C(C#N)=Cc2ccc(OCc3cc(F)c(F)cc3F)c(OC)c2)s1. The minimum absolute atomic E-state index is 0.175. The third-order valence-electron chi connectivity index (χ3n) is 4.33. The number of benzene rings is 2. The molecule has 0 aliphatic heterocycles. The van der Waals surface area contributed by atoms with Gasteiger partial charge in [0.25, 0.3) is 5.91 Å². The minimum atomic E-state index is -1.29. The number of halogens is 3. The van der Waals surface area contributed by atoms with Crippen LogP contribution in [0.1, 0.15) is 23.1 Å². The minimum Gasteiger partial charge on any atom is -0.493 e. The zero-order chi connectivity index (χ0) is 24.0. The van der Waals surface area contributed by atoms with E-state index in [1.54, 1.807) is 6.07 Å². The summed E-state index contributed by atoms with van der Waals surface area (Å²) in [6, 6.07) is 7.52. The quantitative estimate of drug-likeness (QED) is 0.290. The van der Waals surface area contributed by atoms with Gasteiger partial charge in [-0.15, -0.1) is 10.2 Å². The Hall–Kier alpha value is -3.91. The number of hydrogen-bond acceptors (Lipinski definition) is 7. The van der Waals surface area contributed by atoms with Crippen LogP contribution in [0.3, 0.4) is 0 Å². The molecule has 0 saturated carbocycles. The van der Waals surface area contributed by atoms with Crippen LogP contribution in [-0.2, 0) is 17.8 Å². The van der Waals surface area contributed by atoms with Crippen LogP contribution < -0.4 is 14.8 Å². The monoisotopic (exact) mass is 474 g/mol. The molecule has 0 aliphatic carbocycles. The number of ether oxygens (including phenoxy) is 2. The van der Waals surface area contributed by atoms with Crippen molar-refractivity contribution in [1.29, 1.82) is 5.26 Å².